The molecule has 4 nitrogen and oxygen atoms in total. The summed E-state index contributed by atoms with van der Waals surface area (Å²) in [6.07, 6.45) is 7.97. The molecule has 4 heteroatoms. The molecule has 0 bridgehead atoms. The molecule has 76 valence electrons. The molecule has 0 saturated heterocycles. The van der Waals surface area contributed by atoms with Gasteiger partial charge in [-0.15, -0.1) is 0 Å². The maximum Gasteiger partial charge on any atom is 0.121 e. The van der Waals surface area contributed by atoms with E-state index in [0.717, 1.165) is 24.4 Å². The zero-order valence-corrected chi connectivity index (χ0v) is 8.36. The first-order valence-electron chi connectivity index (χ1n) is 5.02. The van der Waals surface area contributed by atoms with Gasteiger partial charge in [0.1, 0.15) is 11.4 Å². The largest absolute Gasteiger partial charge is 0.308 e. The van der Waals surface area contributed by atoms with Crippen molar-refractivity contribution in [2.24, 2.45) is 0 Å². The topological polar surface area (TPSA) is 51.0 Å². The van der Waals surface area contributed by atoms with Crippen molar-refractivity contribution >= 4 is 0 Å². The zero-order chi connectivity index (χ0) is 9.80. The molecule has 1 aromatic rings. The third-order valence-corrected chi connectivity index (χ3v) is 2.57. The van der Waals surface area contributed by atoms with Gasteiger partial charge < -0.3 is 5.32 Å². The molecule has 0 radical (unpaired) electrons. The van der Waals surface area contributed by atoms with Crippen molar-refractivity contribution in [1.82, 2.24) is 15.6 Å². The smallest absolute Gasteiger partial charge is 0.121 e. The summed E-state index contributed by atoms with van der Waals surface area (Å²) in [6, 6.07) is 0.580. The van der Waals surface area contributed by atoms with E-state index in [4.69, 9.17) is 0 Å². The van der Waals surface area contributed by atoms with E-state index in [1.54, 1.807) is 0 Å². The molecular weight excluding hydrogens is 178 g/mol. The van der Waals surface area contributed by atoms with Gasteiger partial charge >= 0.3 is 0 Å². The standard InChI is InChI=1S/C10H15N3O/c1-8-10(13-14-12-8)7-11-9-5-3-2-4-6-9/h2-3,9,11H,4-7H2,1H3. The molecule has 0 amide bonds. The summed E-state index contributed by atoms with van der Waals surface area (Å²) in [6.45, 7) is 2.67. The Labute approximate surface area is 83.3 Å². The molecule has 1 heterocycles. The van der Waals surface area contributed by atoms with Gasteiger partial charge in [-0.3, -0.25) is 0 Å². The van der Waals surface area contributed by atoms with Crippen LogP contribution in [-0.2, 0) is 6.54 Å². The first kappa shape index (κ1) is 9.40. The Bertz CT molecular complexity index is 319. The lowest BCUT2D eigenvalue weighted by molar-refractivity contribution is 0.299. The van der Waals surface area contributed by atoms with Gasteiger partial charge in [-0.25, -0.2) is 4.63 Å². The normalized spacial score (nSPS) is 21.4. The van der Waals surface area contributed by atoms with Crippen LogP contribution in [0.5, 0.6) is 0 Å². The predicted octanol–water partition coefficient (Wildman–Crippen LogP) is 1.58. The summed E-state index contributed by atoms with van der Waals surface area (Å²) in [4.78, 5) is 0. The average molecular weight is 193 g/mol. The van der Waals surface area contributed by atoms with Crippen molar-refractivity contribution in [3.05, 3.63) is 23.5 Å². The van der Waals surface area contributed by atoms with Crippen LogP contribution in [0, 0.1) is 6.92 Å². The van der Waals surface area contributed by atoms with Crippen molar-refractivity contribution in [2.75, 3.05) is 0 Å². The fourth-order valence-corrected chi connectivity index (χ4v) is 1.63. The minimum absolute atomic E-state index is 0.580. The van der Waals surface area contributed by atoms with Crippen LogP contribution in [0.25, 0.3) is 0 Å². The monoisotopic (exact) mass is 193 g/mol. The van der Waals surface area contributed by atoms with Crippen LogP contribution in [0.3, 0.4) is 0 Å². The van der Waals surface area contributed by atoms with Gasteiger partial charge in [0.2, 0.25) is 0 Å². The Morgan fingerprint density at radius 2 is 2.43 bits per heavy atom. The van der Waals surface area contributed by atoms with Gasteiger partial charge in [-0.05, 0) is 26.2 Å². The third kappa shape index (κ3) is 2.20. The highest BCUT2D eigenvalue weighted by atomic mass is 16.6. The number of hydrogen-bond donors (Lipinski definition) is 1. The minimum atomic E-state index is 0.580. The van der Waals surface area contributed by atoms with Crippen molar-refractivity contribution in [3.8, 4) is 0 Å². The molecule has 0 aromatic carbocycles. The number of nitrogens with zero attached hydrogens (tertiary/aromatic N) is 2. The number of hydrogen-bond acceptors (Lipinski definition) is 4. The summed E-state index contributed by atoms with van der Waals surface area (Å²) in [5.74, 6) is 0. The van der Waals surface area contributed by atoms with Crippen LogP contribution in [0.1, 0.15) is 30.7 Å². The number of aryl methyl sites for hydroxylation is 1. The first-order chi connectivity index (χ1) is 6.86. The molecule has 1 atom stereocenters. The highest BCUT2D eigenvalue weighted by molar-refractivity contribution is 5.04. The molecule has 1 N–H and O–H groups in total. The van der Waals surface area contributed by atoms with Crippen LogP contribution < -0.4 is 5.32 Å². The minimum Gasteiger partial charge on any atom is -0.308 e. The number of nitrogens with one attached hydrogen (secondary N) is 1. The summed E-state index contributed by atoms with van der Waals surface area (Å²) >= 11 is 0. The Morgan fingerprint density at radius 1 is 1.50 bits per heavy atom. The van der Waals surface area contributed by atoms with E-state index in [-0.39, 0.29) is 0 Å². The molecule has 0 fully saturated rings. The summed E-state index contributed by atoms with van der Waals surface area (Å²) in [7, 11) is 0. The van der Waals surface area contributed by atoms with Crippen molar-refractivity contribution in [1.29, 1.82) is 0 Å². The number of aromatic nitrogens is 2. The lowest BCUT2D eigenvalue weighted by Crippen LogP contribution is -2.29. The van der Waals surface area contributed by atoms with Gasteiger partial charge in [0.25, 0.3) is 0 Å². The Morgan fingerprint density at radius 3 is 3.07 bits per heavy atom. The molecule has 0 spiro atoms. The first-order valence-corrected chi connectivity index (χ1v) is 5.02. The van der Waals surface area contributed by atoms with Crippen molar-refractivity contribution < 1.29 is 4.63 Å². The van der Waals surface area contributed by atoms with Gasteiger partial charge in [0.05, 0.1) is 0 Å². The Hall–Kier alpha value is -1.16. The van der Waals surface area contributed by atoms with Crippen LogP contribution in [0.15, 0.2) is 16.8 Å². The molecule has 14 heavy (non-hydrogen) atoms. The quantitative estimate of drug-likeness (QED) is 0.740. The van der Waals surface area contributed by atoms with Crippen molar-refractivity contribution in [2.45, 2.75) is 38.8 Å². The lowest BCUT2D eigenvalue weighted by Gasteiger charge is -2.18. The van der Waals surface area contributed by atoms with Gasteiger partial charge in [-0.1, -0.05) is 22.5 Å². The second kappa shape index (κ2) is 4.37. The summed E-state index contributed by atoms with van der Waals surface area (Å²) in [5, 5.41) is 11.0. The molecule has 0 aliphatic heterocycles. The molecule has 1 aliphatic carbocycles. The molecule has 1 aliphatic rings. The zero-order valence-electron chi connectivity index (χ0n) is 8.36. The van der Waals surface area contributed by atoms with Gasteiger partial charge in [0.15, 0.2) is 0 Å². The maximum atomic E-state index is 4.63. The Kier molecular flexibility index (Phi) is 2.93. The molecule has 2 rings (SSSR count). The van der Waals surface area contributed by atoms with E-state index < -0.39 is 0 Å². The molecule has 1 aromatic heterocycles. The van der Waals surface area contributed by atoms with Crippen LogP contribution in [0.2, 0.25) is 0 Å². The average Bonchev–Trinajstić information content (AvgIpc) is 2.63. The predicted molar refractivity (Wildman–Crippen MR) is 52.7 cm³/mol. The molecular formula is C10H15N3O. The van der Waals surface area contributed by atoms with E-state index in [1.807, 2.05) is 6.92 Å². The highest BCUT2D eigenvalue weighted by Crippen LogP contribution is 2.11. The van der Waals surface area contributed by atoms with Crippen molar-refractivity contribution in [3.63, 3.8) is 0 Å². The van der Waals surface area contributed by atoms with E-state index in [1.165, 1.54) is 12.8 Å². The van der Waals surface area contributed by atoms with E-state index in [9.17, 15) is 0 Å². The Balaban J connectivity index is 1.82. The summed E-state index contributed by atoms with van der Waals surface area (Å²) < 4.78 is 4.63. The fraction of sp³-hybridized carbons (Fsp3) is 0.600. The second-order valence-electron chi connectivity index (χ2n) is 3.66. The number of rotatable bonds is 3. The summed E-state index contributed by atoms with van der Waals surface area (Å²) in [5.41, 5.74) is 1.79. The van der Waals surface area contributed by atoms with E-state index >= 15 is 0 Å². The maximum absolute atomic E-state index is 4.63. The SMILES string of the molecule is Cc1nonc1CNC1CC=CCC1. The van der Waals surface area contributed by atoms with Crippen LogP contribution in [0.4, 0.5) is 0 Å². The van der Waals surface area contributed by atoms with Crippen LogP contribution in [-0.4, -0.2) is 16.4 Å². The number of allylic oxidation sites excluding steroid dienone is 1. The van der Waals surface area contributed by atoms with Crippen LogP contribution >= 0.6 is 0 Å². The fourth-order valence-electron chi connectivity index (χ4n) is 1.63. The van der Waals surface area contributed by atoms with Gasteiger partial charge in [-0.2, -0.15) is 0 Å². The van der Waals surface area contributed by atoms with E-state index in [0.29, 0.717) is 6.04 Å². The van der Waals surface area contributed by atoms with E-state index in [2.05, 4.69) is 32.4 Å². The second-order valence-corrected chi connectivity index (χ2v) is 3.66. The molecule has 1 unspecified atom stereocenters. The highest BCUT2D eigenvalue weighted by Gasteiger charge is 2.11. The molecule has 0 saturated carbocycles. The third-order valence-electron chi connectivity index (χ3n) is 2.57. The lowest BCUT2D eigenvalue weighted by atomic mass is 10.0. The van der Waals surface area contributed by atoms with Gasteiger partial charge in [0, 0.05) is 12.6 Å².